The number of benzene rings is 2. The maximum absolute atomic E-state index is 12.2. The summed E-state index contributed by atoms with van der Waals surface area (Å²) in [5.41, 5.74) is 1.58. The van der Waals surface area contributed by atoms with Crippen LogP contribution in [-0.2, 0) is 16.6 Å². The topological polar surface area (TPSA) is 64.0 Å². The van der Waals surface area contributed by atoms with Crippen LogP contribution >= 0.6 is 0 Å². The second kappa shape index (κ2) is 6.03. The van der Waals surface area contributed by atoms with Crippen LogP contribution in [-0.4, -0.2) is 18.2 Å². The van der Waals surface area contributed by atoms with Gasteiger partial charge in [0.2, 0.25) is 0 Å². The normalized spacial score (nSPS) is 11.3. The Kier molecular flexibility index (Phi) is 3.93. The van der Waals surface area contributed by atoms with E-state index in [2.05, 4.69) is 9.82 Å². The predicted octanol–water partition coefficient (Wildman–Crippen LogP) is 2.73. The van der Waals surface area contributed by atoms with Crippen molar-refractivity contribution in [2.45, 2.75) is 11.4 Å². The molecule has 0 aliphatic carbocycles. The van der Waals surface area contributed by atoms with E-state index in [4.69, 9.17) is 0 Å². The first kappa shape index (κ1) is 14.3. The molecule has 1 aromatic heterocycles. The molecule has 1 heterocycles. The molecule has 0 aliphatic heterocycles. The minimum atomic E-state index is -3.54. The van der Waals surface area contributed by atoms with Crippen molar-refractivity contribution in [3.63, 3.8) is 0 Å². The molecular weight excluding hydrogens is 298 g/mol. The van der Waals surface area contributed by atoms with Crippen LogP contribution in [0.1, 0.15) is 5.56 Å². The first-order chi connectivity index (χ1) is 10.6. The van der Waals surface area contributed by atoms with Gasteiger partial charge in [-0.3, -0.25) is 9.40 Å². The average molecular weight is 313 g/mol. The number of anilines is 1. The maximum Gasteiger partial charge on any atom is 0.261 e. The van der Waals surface area contributed by atoms with Gasteiger partial charge in [0.15, 0.2) is 0 Å². The van der Waals surface area contributed by atoms with Crippen LogP contribution in [0, 0.1) is 0 Å². The molecule has 0 saturated carbocycles. The Labute approximate surface area is 129 Å². The Morgan fingerprint density at radius 2 is 1.68 bits per heavy atom. The molecule has 5 nitrogen and oxygen atoms in total. The summed E-state index contributed by atoms with van der Waals surface area (Å²) < 4.78 is 28.8. The molecule has 112 valence electrons. The molecule has 2 aromatic carbocycles. The third kappa shape index (κ3) is 3.35. The molecule has 0 spiro atoms. The highest BCUT2D eigenvalue weighted by atomic mass is 32.2. The van der Waals surface area contributed by atoms with Crippen LogP contribution in [0.4, 0.5) is 5.69 Å². The van der Waals surface area contributed by atoms with E-state index in [1.807, 2.05) is 29.1 Å². The average Bonchev–Trinajstić information content (AvgIpc) is 3.03. The zero-order valence-corrected chi connectivity index (χ0v) is 12.6. The molecule has 3 rings (SSSR count). The molecule has 0 unspecified atom stereocenters. The lowest BCUT2D eigenvalue weighted by Gasteiger charge is -2.09. The van der Waals surface area contributed by atoms with Crippen LogP contribution in [0.2, 0.25) is 0 Å². The summed E-state index contributed by atoms with van der Waals surface area (Å²) in [6.45, 7) is 0.652. The fourth-order valence-corrected chi connectivity index (χ4v) is 3.15. The second-order valence-electron chi connectivity index (χ2n) is 4.82. The van der Waals surface area contributed by atoms with Gasteiger partial charge >= 0.3 is 0 Å². The van der Waals surface area contributed by atoms with Gasteiger partial charge in [0.05, 0.1) is 11.4 Å². The van der Waals surface area contributed by atoms with Crippen LogP contribution < -0.4 is 4.72 Å². The standard InChI is InChI=1S/C16H15N3O2S/c20-22(21,16-5-2-1-3-6-16)18-15-9-7-14(8-10-15)13-19-12-4-11-17-19/h1-12,18H,13H2. The van der Waals surface area contributed by atoms with Crippen molar-refractivity contribution in [3.8, 4) is 0 Å². The predicted molar refractivity (Wildman–Crippen MR) is 85.0 cm³/mol. The molecule has 0 atom stereocenters. The Hall–Kier alpha value is -2.60. The lowest BCUT2D eigenvalue weighted by Crippen LogP contribution is -2.12. The molecule has 6 heteroatoms. The zero-order chi connectivity index (χ0) is 15.4. The molecule has 3 aromatic rings. The van der Waals surface area contributed by atoms with Gasteiger partial charge in [-0.2, -0.15) is 5.10 Å². The number of nitrogens with one attached hydrogen (secondary N) is 1. The van der Waals surface area contributed by atoms with Gasteiger partial charge in [0.25, 0.3) is 10.0 Å². The smallest absolute Gasteiger partial charge is 0.261 e. The molecule has 0 fully saturated rings. The van der Waals surface area contributed by atoms with E-state index in [0.717, 1.165) is 5.56 Å². The summed E-state index contributed by atoms with van der Waals surface area (Å²) in [6.07, 6.45) is 3.61. The van der Waals surface area contributed by atoms with Gasteiger partial charge in [-0.15, -0.1) is 0 Å². The highest BCUT2D eigenvalue weighted by molar-refractivity contribution is 7.92. The van der Waals surface area contributed by atoms with Crippen molar-refractivity contribution in [2.75, 3.05) is 4.72 Å². The van der Waals surface area contributed by atoms with E-state index >= 15 is 0 Å². The summed E-state index contributed by atoms with van der Waals surface area (Å²) in [6, 6.07) is 17.4. The minimum absolute atomic E-state index is 0.246. The number of rotatable bonds is 5. The molecule has 0 aliphatic rings. The van der Waals surface area contributed by atoms with E-state index in [1.54, 1.807) is 48.7 Å². The zero-order valence-electron chi connectivity index (χ0n) is 11.8. The van der Waals surface area contributed by atoms with E-state index < -0.39 is 10.0 Å². The summed E-state index contributed by atoms with van der Waals surface area (Å²) in [5, 5.41) is 4.14. The lowest BCUT2D eigenvalue weighted by molar-refractivity contribution is 0.601. The molecule has 1 N–H and O–H groups in total. The molecule has 0 bridgehead atoms. The lowest BCUT2D eigenvalue weighted by atomic mass is 10.2. The fourth-order valence-electron chi connectivity index (χ4n) is 2.07. The van der Waals surface area contributed by atoms with Crippen molar-refractivity contribution < 1.29 is 8.42 Å². The summed E-state index contributed by atoms with van der Waals surface area (Å²) in [5.74, 6) is 0. The van der Waals surface area contributed by atoms with E-state index in [9.17, 15) is 8.42 Å². The van der Waals surface area contributed by atoms with Gasteiger partial charge in [0.1, 0.15) is 0 Å². The van der Waals surface area contributed by atoms with Gasteiger partial charge in [-0.05, 0) is 35.9 Å². The third-order valence-corrected chi connectivity index (χ3v) is 4.56. The number of hydrogen-bond acceptors (Lipinski definition) is 3. The van der Waals surface area contributed by atoms with Crippen molar-refractivity contribution >= 4 is 15.7 Å². The van der Waals surface area contributed by atoms with Gasteiger partial charge in [-0.1, -0.05) is 30.3 Å². The molecule has 0 radical (unpaired) electrons. The van der Waals surface area contributed by atoms with Crippen molar-refractivity contribution in [1.82, 2.24) is 9.78 Å². The molecule has 0 saturated heterocycles. The highest BCUT2D eigenvalue weighted by Crippen LogP contribution is 2.16. The largest absolute Gasteiger partial charge is 0.280 e. The number of sulfonamides is 1. The van der Waals surface area contributed by atoms with Crippen LogP contribution in [0.15, 0.2) is 78.0 Å². The van der Waals surface area contributed by atoms with E-state index in [1.165, 1.54) is 0 Å². The molecule has 22 heavy (non-hydrogen) atoms. The van der Waals surface area contributed by atoms with Crippen molar-refractivity contribution in [1.29, 1.82) is 0 Å². The van der Waals surface area contributed by atoms with Crippen LogP contribution in [0.5, 0.6) is 0 Å². The molecular formula is C16H15N3O2S. The number of nitrogens with zero attached hydrogens (tertiary/aromatic N) is 2. The summed E-state index contributed by atoms with van der Waals surface area (Å²) >= 11 is 0. The maximum atomic E-state index is 12.2. The first-order valence-corrected chi connectivity index (χ1v) is 8.26. The second-order valence-corrected chi connectivity index (χ2v) is 6.50. The quantitative estimate of drug-likeness (QED) is 0.787. The Morgan fingerprint density at radius 1 is 0.955 bits per heavy atom. The summed E-state index contributed by atoms with van der Waals surface area (Å²) in [7, 11) is -3.54. The van der Waals surface area contributed by atoms with E-state index in [0.29, 0.717) is 12.2 Å². The Balaban J connectivity index is 1.73. The SMILES string of the molecule is O=S(=O)(Nc1ccc(Cn2cccn2)cc1)c1ccccc1. The van der Waals surface area contributed by atoms with Gasteiger partial charge < -0.3 is 0 Å². The summed E-state index contributed by atoms with van der Waals surface area (Å²) in [4.78, 5) is 0.246. The van der Waals surface area contributed by atoms with E-state index in [-0.39, 0.29) is 4.90 Å². The number of aromatic nitrogens is 2. The first-order valence-electron chi connectivity index (χ1n) is 6.78. The Morgan fingerprint density at radius 3 is 2.32 bits per heavy atom. The van der Waals surface area contributed by atoms with Crippen LogP contribution in [0.3, 0.4) is 0 Å². The van der Waals surface area contributed by atoms with Crippen LogP contribution in [0.25, 0.3) is 0 Å². The fraction of sp³-hybridized carbons (Fsp3) is 0.0625. The number of hydrogen-bond donors (Lipinski definition) is 1. The highest BCUT2D eigenvalue weighted by Gasteiger charge is 2.13. The van der Waals surface area contributed by atoms with Crippen molar-refractivity contribution in [3.05, 3.63) is 78.6 Å². The van der Waals surface area contributed by atoms with Gasteiger partial charge in [0, 0.05) is 18.1 Å². The monoisotopic (exact) mass is 313 g/mol. The van der Waals surface area contributed by atoms with Crippen molar-refractivity contribution in [2.24, 2.45) is 0 Å². The van der Waals surface area contributed by atoms with Gasteiger partial charge in [-0.25, -0.2) is 8.42 Å². The minimum Gasteiger partial charge on any atom is -0.280 e. The third-order valence-electron chi connectivity index (χ3n) is 3.16. The molecule has 0 amide bonds. The Bertz CT molecular complexity index is 827.